The fourth-order valence-electron chi connectivity index (χ4n) is 4.55. The number of nitrogens with one attached hydrogen (secondary N) is 4. The molecule has 0 saturated carbocycles. The van der Waals surface area contributed by atoms with Crippen LogP contribution in [0.25, 0.3) is 0 Å². The molecular weight excluding hydrogens is 426 g/mol. The third kappa shape index (κ3) is 6.65. The van der Waals surface area contributed by atoms with Crippen LogP contribution in [0.1, 0.15) is 50.7 Å². The number of hydrogen-bond acceptors (Lipinski definition) is 5. The highest BCUT2D eigenvalue weighted by Gasteiger charge is 2.23. The number of hydrogen-bond donors (Lipinski definition) is 4. The van der Waals surface area contributed by atoms with Crippen LogP contribution >= 0.6 is 0 Å². The summed E-state index contributed by atoms with van der Waals surface area (Å²) in [5.74, 6) is 0.0985. The zero-order chi connectivity index (χ0) is 23.9. The molecule has 2 aromatic carbocycles. The summed E-state index contributed by atoms with van der Waals surface area (Å²) in [5, 5.41) is 12.5. The van der Waals surface area contributed by atoms with Crippen LogP contribution in [0.5, 0.6) is 0 Å². The average molecular weight is 464 g/mol. The Kier molecular flexibility index (Phi) is 8.32. The van der Waals surface area contributed by atoms with Gasteiger partial charge in [0.1, 0.15) is 0 Å². The topological polar surface area (TPSA) is 85.5 Å². The van der Waals surface area contributed by atoms with Gasteiger partial charge < -0.3 is 21.3 Å². The van der Waals surface area contributed by atoms with Crippen LogP contribution < -0.4 is 21.3 Å². The fourth-order valence-corrected chi connectivity index (χ4v) is 4.55. The Bertz CT molecular complexity index is 870. The maximum absolute atomic E-state index is 12.3. The van der Waals surface area contributed by atoms with Gasteiger partial charge in [0, 0.05) is 30.5 Å². The van der Waals surface area contributed by atoms with Crippen LogP contribution in [-0.4, -0.2) is 47.9 Å². The summed E-state index contributed by atoms with van der Waals surface area (Å²) >= 11 is 0. The van der Waals surface area contributed by atoms with Crippen molar-refractivity contribution in [1.82, 2.24) is 15.5 Å². The molecule has 0 bridgehead atoms. The molecule has 2 aliphatic heterocycles. The SMILES string of the molecule is CC(C)N(Cc1ccc(NC(=O)[C@@H]2CCCN2)cc1)Cc1ccc(NC(=O)[C@@H]2CCCN2)cc1. The highest BCUT2D eigenvalue weighted by Crippen LogP contribution is 2.18. The molecule has 2 fully saturated rings. The van der Waals surface area contributed by atoms with E-state index in [9.17, 15) is 9.59 Å². The lowest BCUT2D eigenvalue weighted by atomic mass is 10.1. The molecular formula is C27H37N5O2. The smallest absolute Gasteiger partial charge is 0.241 e. The lowest BCUT2D eigenvalue weighted by Gasteiger charge is -2.27. The molecule has 4 N–H and O–H groups in total. The number of anilines is 2. The van der Waals surface area contributed by atoms with E-state index in [-0.39, 0.29) is 23.9 Å². The van der Waals surface area contributed by atoms with E-state index >= 15 is 0 Å². The van der Waals surface area contributed by atoms with E-state index < -0.39 is 0 Å². The van der Waals surface area contributed by atoms with Crippen molar-refractivity contribution in [1.29, 1.82) is 0 Å². The van der Waals surface area contributed by atoms with E-state index in [2.05, 4.69) is 64.3 Å². The summed E-state index contributed by atoms with van der Waals surface area (Å²) in [6.07, 6.45) is 3.91. The van der Waals surface area contributed by atoms with Crippen LogP contribution in [0.3, 0.4) is 0 Å². The first kappa shape index (κ1) is 24.4. The first-order valence-electron chi connectivity index (χ1n) is 12.5. The minimum Gasteiger partial charge on any atom is -0.325 e. The largest absolute Gasteiger partial charge is 0.325 e. The third-order valence-corrected chi connectivity index (χ3v) is 6.70. The van der Waals surface area contributed by atoms with Gasteiger partial charge in [0.25, 0.3) is 0 Å². The Morgan fingerprint density at radius 3 is 1.53 bits per heavy atom. The Hall–Kier alpha value is -2.74. The van der Waals surface area contributed by atoms with Crippen LogP contribution in [0.4, 0.5) is 11.4 Å². The second kappa shape index (κ2) is 11.6. The number of carbonyl (C=O) groups excluding carboxylic acids is 2. The molecule has 7 heteroatoms. The van der Waals surface area contributed by atoms with Gasteiger partial charge in [-0.3, -0.25) is 14.5 Å². The zero-order valence-electron chi connectivity index (χ0n) is 20.3. The molecule has 2 heterocycles. The Morgan fingerprint density at radius 2 is 1.21 bits per heavy atom. The van der Waals surface area contributed by atoms with E-state index in [0.717, 1.165) is 63.2 Å². The first-order chi connectivity index (χ1) is 16.5. The number of benzene rings is 2. The van der Waals surface area contributed by atoms with Crippen molar-refractivity contribution in [3.63, 3.8) is 0 Å². The predicted molar refractivity (Wildman–Crippen MR) is 137 cm³/mol. The highest BCUT2D eigenvalue weighted by atomic mass is 16.2. The van der Waals surface area contributed by atoms with E-state index in [4.69, 9.17) is 0 Å². The second-order valence-corrected chi connectivity index (χ2v) is 9.67. The van der Waals surface area contributed by atoms with Crippen molar-refractivity contribution >= 4 is 23.2 Å². The summed E-state index contributed by atoms with van der Waals surface area (Å²) in [5.41, 5.74) is 4.09. The normalized spacial score (nSPS) is 20.1. The quantitative estimate of drug-likeness (QED) is 0.458. The van der Waals surface area contributed by atoms with Crippen molar-refractivity contribution in [2.24, 2.45) is 0 Å². The lowest BCUT2D eigenvalue weighted by molar-refractivity contribution is -0.118. The molecule has 2 atom stereocenters. The molecule has 7 nitrogen and oxygen atoms in total. The molecule has 0 aliphatic carbocycles. The Labute approximate surface area is 202 Å². The monoisotopic (exact) mass is 463 g/mol. The molecule has 182 valence electrons. The highest BCUT2D eigenvalue weighted by molar-refractivity contribution is 5.95. The number of amides is 2. The zero-order valence-corrected chi connectivity index (χ0v) is 20.3. The third-order valence-electron chi connectivity index (χ3n) is 6.70. The summed E-state index contributed by atoms with van der Waals surface area (Å²) in [4.78, 5) is 27.0. The molecule has 0 radical (unpaired) electrons. The van der Waals surface area contributed by atoms with Gasteiger partial charge in [-0.15, -0.1) is 0 Å². The standard InChI is InChI=1S/C27H37N5O2/c1-19(2)32(17-20-7-11-22(12-8-20)30-26(33)24-5-3-15-28-24)18-21-9-13-23(14-10-21)31-27(34)25-6-4-16-29-25/h7-14,19,24-25,28-29H,3-6,15-18H2,1-2H3,(H,30,33)(H,31,34)/t24-,25-/m0/s1. The summed E-state index contributed by atoms with van der Waals surface area (Å²) in [6, 6.07) is 16.5. The van der Waals surface area contributed by atoms with Gasteiger partial charge >= 0.3 is 0 Å². The molecule has 34 heavy (non-hydrogen) atoms. The van der Waals surface area contributed by atoms with Gasteiger partial charge in [0.15, 0.2) is 0 Å². The number of rotatable bonds is 9. The molecule has 2 saturated heterocycles. The van der Waals surface area contributed by atoms with Crippen molar-refractivity contribution in [3.05, 3.63) is 59.7 Å². The van der Waals surface area contributed by atoms with Crippen molar-refractivity contribution in [2.45, 2.75) is 70.7 Å². The van der Waals surface area contributed by atoms with Crippen LogP contribution in [0, 0.1) is 0 Å². The second-order valence-electron chi connectivity index (χ2n) is 9.67. The van der Waals surface area contributed by atoms with Crippen molar-refractivity contribution in [2.75, 3.05) is 23.7 Å². The van der Waals surface area contributed by atoms with Crippen LogP contribution in [0.15, 0.2) is 48.5 Å². The molecule has 0 aromatic heterocycles. The molecule has 2 amide bonds. The Morgan fingerprint density at radius 1 is 0.794 bits per heavy atom. The maximum atomic E-state index is 12.3. The molecule has 0 unspecified atom stereocenters. The van der Waals surface area contributed by atoms with E-state index in [1.807, 2.05) is 24.3 Å². The number of carbonyl (C=O) groups is 2. The summed E-state index contributed by atoms with van der Waals surface area (Å²) in [6.45, 7) is 7.87. The minimum atomic E-state index is -0.0739. The van der Waals surface area contributed by atoms with Crippen LogP contribution in [-0.2, 0) is 22.7 Å². The summed E-state index contributed by atoms with van der Waals surface area (Å²) in [7, 11) is 0. The molecule has 2 aliphatic rings. The first-order valence-corrected chi connectivity index (χ1v) is 12.5. The van der Waals surface area contributed by atoms with E-state index in [1.54, 1.807) is 0 Å². The molecule has 2 aromatic rings. The van der Waals surface area contributed by atoms with Gasteiger partial charge in [-0.25, -0.2) is 0 Å². The van der Waals surface area contributed by atoms with Gasteiger partial charge in [0.2, 0.25) is 11.8 Å². The van der Waals surface area contributed by atoms with Gasteiger partial charge in [-0.1, -0.05) is 24.3 Å². The van der Waals surface area contributed by atoms with Crippen molar-refractivity contribution < 1.29 is 9.59 Å². The van der Waals surface area contributed by atoms with Gasteiger partial charge in [-0.2, -0.15) is 0 Å². The predicted octanol–water partition coefficient (Wildman–Crippen LogP) is 3.48. The van der Waals surface area contributed by atoms with Crippen LogP contribution in [0.2, 0.25) is 0 Å². The maximum Gasteiger partial charge on any atom is 0.241 e. The van der Waals surface area contributed by atoms with E-state index in [0.29, 0.717) is 6.04 Å². The Balaban J connectivity index is 1.30. The number of nitrogens with zero attached hydrogens (tertiary/aromatic N) is 1. The molecule has 4 rings (SSSR count). The lowest BCUT2D eigenvalue weighted by Crippen LogP contribution is -2.35. The van der Waals surface area contributed by atoms with Gasteiger partial charge in [-0.05, 0) is 88.0 Å². The van der Waals surface area contributed by atoms with Crippen molar-refractivity contribution in [3.8, 4) is 0 Å². The average Bonchev–Trinajstić information content (AvgIpc) is 3.56. The molecule has 0 spiro atoms. The summed E-state index contributed by atoms with van der Waals surface area (Å²) < 4.78 is 0. The minimum absolute atomic E-state index is 0.0493. The fraction of sp³-hybridized carbons (Fsp3) is 0.481. The van der Waals surface area contributed by atoms with Gasteiger partial charge in [0.05, 0.1) is 12.1 Å². The van der Waals surface area contributed by atoms with E-state index in [1.165, 1.54) is 11.1 Å².